The summed E-state index contributed by atoms with van der Waals surface area (Å²) in [4.78, 5) is 22.6. The number of rotatable bonds is 4. The molecule has 0 atom stereocenters. The predicted octanol–water partition coefficient (Wildman–Crippen LogP) is 3.75. The molecule has 0 spiro atoms. The fraction of sp³-hybridized carbons (Fsp3) is 0.333. The van der Waals surface area contributed by atoms with Crippen LogP contribution in [-0.4, -0.2) is 28.6 Å². The van der Waals surface area contributed by atoms with Crippen LogP contribution in [0.5, 0.6) is 0 Å². The van der Waals surface area contributed by atoms with Crippen molar-refractivity contribution < 1.29 is 14.0 Å². The van der Waals surface area contributed by atoms with Crippen LogP contribution in [0.3, 0.4) is 0 Å². The van der Waals surface area contributed by atoms with Gasteiger partial charge in [0.05, 0.1) is 18.2 Å². The number of aromatic nitrogens is 1. The van der Waals surface area contributed by atoms with Crippen molar-refractivity contribution in [1.82, 2.24) is 10.0 Å². The highest BCUT2D eigenvalue weighted by Gasteiger charge is 2.29. The Labute approximate surface area is 154 Å². The van der Waals surface area contributed by atoms with Crippen LogP contribution in [-0.2, 0) is 17.7 Å². The fourth-order valence-electron chi connectivity index (χ4n) is 2.82. The molecule has 0 saturated carbocycles. The Morgan fingerprint density at radius 1 is 1.33 bits per heavy atom. The lowest BCUT2D eigenvalue weighted by molar-refractivity contribution is -0.153. The summed E-state index contributed by atoms with van der Waals surface area (Å²) in [6.07, 6.45) is 4.31. The number of halogens is 2. The van der Waals surface area contributed by atoms with Gasteiger partial charge in [-0.1, -0.05) is 6.07 Å². The van der Waals surface area contributed by atoms with Gasteiger partial charge < -0.3 is 0 Å². The van der Waals surface area contributed by atoms with Crippen molar-refractivity contribution in [2.24, 2.45) is 0 Å². The van der Waals surface area contributed by atoms with Crippen molar-refractivity contribution in [2.75, 3.05) is 6.54 Å². The molecule has 1 aliphatic heterocycles. The Balaban J connectivity index is 1.95. The minimum absolute atomic E-state index is 0.0746. The molecule has 2 heterocycles. The number of pyridine rings is 1. The molecule has 6 heteroatoms. The largest absolute Gasteiger partial charge is 0.278 e. The third-order valence-corrected chi connectivity index (χ3v) is 4.53. The Morgan fingerprint density at radius 3 is 2.83 bits per heavy atom. The second kappa shape index (κ2) is 7.14. The van der Waals surface area contributed by atoms with Gasteiger partial charge >= 0.3 is 0 Å². The van der Waals surface area contributed by atoms with Crippen molar-refractivity contribution in [1.29, 1.82) is 0 Å². The quantitative estimate of drug-likeness (QED) is 0.681. The van der Waals surface area contributed by atoms with E-state index in [2.05, 4.69) is 27.6 Å². The predicted molar refractivity (Wildman–Crippen MR) is 97.1 cm³/mol. The number of fused-ring (bicyclic) bond motifs is 1. The van der Waals surface area contributed by atoms with Crippen LogP contribution in [0.15, 0.2) is 30.6 Å². The monoisotopic (exact) mass is 440 g/mol. The molecule has 1 aromatic heterocycles. The van der Waals surface area contributed by atoms with Gasteiger partial charge in [-0.05, 0) is 71.7 Å². The van der Waals surface area contributed by atoms with E-state index in [9.17, 15) is 9.18 Å². The van der Waals surface area contributed by atoms with E-state index in [4.69, 9.17) is 4.84 Å². The molecule has 2 aromatic rings. The Morgan fingerprint density at radius 2 is 2.12 bits per heavy atom. The maximum atomic E-state index is 14.2. The van der Waals surface area contributed by atoms with Gasteiger partial charge in [-0.15, -0.1) is 0 Å². The molecule has 3 rings (SSSR count). The average molecular weight is 440 g/mol. The van der Waals surface area contributed by atoms with E-state index >= 15 is 0 Å². The van der Waals surface area contributed by atoms with E-state index < -0.39 is 0 Å². The fourth-order valence-corrected chi connectivity index (χ4v) is 3.28. The molecule has 0 unspecified atom stereocenters. The topological polar surface area (TPSA) is 42.4 Å². The molecular formula is C18H18FIN2O2. The van der Waals surface area contributed by atoms with Gasteiger partial charge in [-0.3, -0.25) is 14.6 Å². The standard InChI is InChI=1S/C18H18FIN2O2/c1-11(2)24-22-6-5-13-9-21-10-14(17(13)18(22)23)7-12-3-4-15(20)8-16(12)19/h3-4,8-11H,5-7H2,1-2H3. The van der Waals surface area contributed by atoms with Gasteiger partial charge in [0, 0.05) is 22.4 Å². The third-order valence-electron chi connectivity index (χ3n) is 3.86. The summed E-state index contributed by atoms with van der Waals surface area (Å²) in [6, 6.07) is 5.11. The van der Waals surface area contributed by atoms with Crippen LogP contribution in [0.1, 0.15) is 40.9 Å². The molecule has 0 radical (unpaired) electrons. The Bertz CT molecular complexity index is 780. The number of hydroxylamine groups is 2. The lowest BCUT2D eigenvalue weighted by atomic mass is 9.94. The van der Waals surface area contributed by atoms with Gasteiger partial charge in [-0.2, -0.15) is 0 Å². The zero-order valence-electron chi connectivity index (χ0n) is 13.6. The number of nitrogens with zero attached hydrogens (tertiary/aromatic N) is 2. The average Bonchev–Trinajstić information content (AvgIpc) is 2.52. The second-order valence-corrected chi connectivity index (χ2v) is 7.30. The maximum Gasteiger partial charge on any atom is 0.278 e. The molecule has 0 fully saturated rings. The highest BCUT2D eigenvalue weighted by Crippen LogP contribution is 2.25. The molecule has 126 valence electrons. The van der Waals surface area contributed by atoms with Crippen LogP contribution in [0.2, 0.25) is 0 Å². The molecule has 0 saturated heterocycles. The first kappa shape index (κ1) is 17.3. The highest BCUT2D eigenvalue weighted by molar-refractivity contribution is 14.1. The number of amides is 1. The zero-order valence-corrected chi connectivity index (χ0v) is 15.7. The van der Waals surface area contributed by atoms with E-state index in [0.717, 1.165) is 14.7 Å². The molecule has 1 aromatic carbocycles. The van der Waals surface area contributed by atoms with Gasteiger partial charge in [0.15, 0.2) is 0 Å². The van der Waals surface area contributed by atoms with Crippen molar-refractivity contribution >= 4 is 28.5 Å². The maximum absolute atomic E-state index is 14.2. The van der Waals surface area contributed by atoms with Crippen LogP contribution >= 0.6 is 22.6 Å². The minimum Gasteiger partial charge on any atom is -0.268 e. The summed E-state index contributed by atoms with van der Waals surface area (Å²) >= 11 is 2.07. The van der Waals surface area contributed by atoms with E-state index in [1.807, 2.05) is 19.9 Å². The first-order chi connectivity index (χ1) is 11.5. The molecule has 1 aliphatic rings. The lowest BCUT2D eigenvalue weighted by Crippen LogP contribution is -2.40. The van der Waals surface area contributed by atoms with Crippen LogP contribution < -0.4 is 0 Å². The smallest absolute Gasteiger partial charge is 0.268 e. The van der Waals surface area contributed by atoms with Crippen molar-refractivity contribution in [3.8, 4) is 0 Å². The SMILES string of the molecule is CC(C)ON1CCc2cncc(Cc3ccc(I)cc3F)c2C1=O. The van der Waals surface area contributed by atoms with E-state index in [1.54, 1.807) is 18.5 Å². The van der Waals surface area contributed by atoms with Crippen molar-refractivity contribution in [2.45, 2.75) is 32.8 Å². The normalized spacial score (nSPS) is 14.2. The van der Waals surface area contributed by atoms with Crippen molar-refractivity contribution in [3.05, 3.63) is 62.2 Å². The summed E-state index contributed by atoms with van der Waals surface area (Å²) < 4.78 is 15.0. The zero-order chi connectivity index (χ0) is 17.3. The summed E-state index contributed by atoms with van der Waals surface area (Å²) in [7, 11) is 0. The van der Waals surface area contributed by atoms with E-state index in [0.29, 0.717) is 30.5 Å². The van der Waals surface area contributed by atoms with Crippen molar-refractivity contribution in [3.63, 3.8) is 0 Å². The molecular weight excluding hydrogens is 422 g/mol. The molecule has 4 nitrogen and oxygen atoms in total. The summed E-state index contributed by atoms with van der Waals surface area (Å²) in [5.74, 6) is -0.439. The first-order valence-electron chi connectivity index (χ1n) is 7.84. The second-order valence-electron chi connectivity index (χ2n) is 6.06. The molecule has 0 bridgehead atoms. The summed E-state index contributed by atoms with van der Waals surface area (Å²) in [5.41, 5.74) is 2.77. The minimum atomic E-state index is -0.266. The number of hydrogen-bond donors (Lipinski definition) is 0. The van der Waals surface area contributed by atoms with Crippen LogP contribution in [0.4, 0.5) is 4.39 Å². The molecule has 1 amide bonds. The third kappa shape index (κ3) is 3.59. The van der Waals surface area contributed by atoms with Gasteiger partial charge in [0.2, 0.25) is 0 Å². The Hall–Kier alpha value is -1.54. The van der Waals surface area contributed by atoms with Gasteiger partial charge in [-0.25, -0.2) is 9.45 Å². The van der Waals surface area contributed by atoms with E-state index in [-0.39, 0.29) is 17.8 Å². The van der Waals surface area contributed by atoms with Crippen LogP contribution in [0.25, 0.3) is 0 Å². The lowest BCUT2D eigenvalue weighted by Gasteiger charge is -2.30. The van der Waals surface area contributed by atoms with E-state index in [1.165, 1.54) is 11.1 Å². The van der Waals surface area contributed by atoms with Gasteiger partial charge in [0.25, 0.3) is 5.91 Å². The number of carbonyl (C=O) groups excluding carboxylic acids is 1. The summed E-state index contributed by atoms with van der Waals surface area (Å²) in [5, 5.41) is 1.40. The number of carbonyl (C=O) groups is 1. The molecule has 0 aliphatic carbocycles. The first-order valence-corrected chi connectivity index (χ1v) is 8.92. The van der Waals surface area contributed by atoms with Gasteiger partial charge in [0.1, 0.15) is 5.82 Å². The Kier molecular flexibility index (Phi) is 5.15. The number of benzene rings is 1. The molecule has 0 N–H and O–H groups in total. The number of hydrogen-bond acceptors (Lipinski definition) is 3. The summed E-state index contributed by atoms with van der Waals surface area (Å²) in [6.45, 7) is 4.28. The molecule has 24 heavy (non-hydrogen) atoms. The highest BCUT2D eigenvalue weighted by atomic mass is 127. The van der Waals surface area contributed by atoms with Crippen LogP contribution in [0, 0.1) is 9.39 Å².